The fraction of sp³-hybridized carbons (Fsp3) is 0.538. The first-order valence-electron chi connectivity index (χ1n) is 5.58. The van der Waals surface area contributed by atoms with E-state index in [0.717, 1.165) is 12.8 Å². The minimum Gasteiger partial charge on any atom is -0.302 e. The second-order valence-electron chi connectivity index (χ2n) is 4.31. The van der Waals surface area contributed by atoms with Crippen LogP contribution in [0.25, 0.3) is 0 Å². The molecule has 0 aliphatic heterocycles. The Labute approximate surface area is 91.5 Å². The lowest BCUT2D eigenvalue weighted by Gasteiger charge is -2.08. The lowest BCUT2D eigenvalue weighted by Crippen LogP contribution is -2.12. The van der Waals surface area contributed by atoms with Crippen molar-refractivity contribution in [2.45, 2.75) is 45.3 Å². The van der Waals surface area contributed by atoms with Crippen molar-refractivity contribution in [1.82, 2.24) is 0 Å². The zero-order valence-corrected chi connectivity index (χ0v) is 9.54. The summed E-state index contributed by atoms with van der Waals surface area (Å²) in [6, 6.07) is 8.50. The highest BCUT2D eigenvalue weighted by Gasteiger charge is 2.02. The molecule has 84 valence electrons. The van der Waals surface area contributed by atoms with Crippen LogP contribution in [0.2, 0.25) is 0 Å². The standard InChI is InChI=1S/C13H20FN/c1-10(2)12-7-3-5-11(9-12)6-4-8-13(14)15/h3,5,7,9-10,13H,4,6,8,15H2,1-2H3. The van der Waals surface area contributed by atoms with Gasteiger partial charge in [0.1, 0.15) is 6.30 Å². The molecule has 0 bridgehead atoms. The molecular formula is C13H20FN. The molecule has 0 aliphatic carbocycles. The number of aryl methyl sites for hydroxylation is 1. The fourth-order valence-electron chi connectivity index (χ4n) is 1.61. The Kier molecular flexibility index (Phi) is 4.76. The summed E-state index contributed by atoms with van der Waals surface area (Å²) in [5.74, 6) is 0.549. The Morgan fingerprint density at radius 2 is 2.07 bits per heavy atom. The summed E-state index contributed by atoms with van der Waals surface area (Å²) in [4.78, 5) is 0. The molecule has 0 amide bonds. The van der Waals surface area contributed by atoms with Gasteiger partial charge in [-0.05, 0) is 36.3 Å². The van der Waals surface area contributed by atoms with Gasteiger partial charge in [-0.15, -0.1) is 0 Å². The van der Waals surface area contributed by atoms with E-state index in [2.05, 4.69) is 38.1 Å². The SMILES string of the molecule is CC(C)c1cccc(CCCC(N)F)c1. The van der Waals surface area contributed by atoms with Crippen LogP contribution >= 0.6 is 0 Å². The van der Waals surface area contributed by atoms with Crippen molar-refractivity contribution in [3.05, 3.63) is 35.4 Å². The number of alkyl halides is 1. The Balaban J connectivity index is 2.50. The maximum absolute atomic E-state index is 12.4. The van der Waals surface area contributed by atoms with Crippen LogP contribution in [-0.4, -0.2) is 6.30 Å². The zero-order valence-electron chi connectivity index (χ0n) is 9.54. The van der Waals surface area contributed by atoms with Crippen molar-refractivity contribution in [3.63, 3.8) is 0 Å². The minimum atomic E-state index is -1.17. The topological polar surface area (TPSA) is 26.0 Å². The second-order valence-corrected chi connectivity index (χ2v) is 4.31. The van der Waals surface area contributed by atoms with E-state index in [-0.39, 0.29) is 0 Å². The molecule has 1 aromatic carbocycles. The Morgan fingerprint density at radius 1 is 1.33 bits per heavy atom. The number of benzene rings is 1. The maximum atomic E-state index is 12.4. The van der Waals surface area contributed by atoms with E-state index in [9.17, 15) is 4.39 Å². The first-order chi connectivity index (χ1) is 7.09. The second kappa shape index (κ2) is 5.86. The van der Waals surface area contributed by atoms with E-state index in [1.165, 1.54) is 11.1 Å². The molecule has 2 N–H and O–H groups in total. The molecule has 0 aromatic heterocycles. The first-order valence-corrected chi connectivity index (χ1v) is 5.58. The van der Waals surface area contributed by atoms with Gasteiger partial charge in [-0.25, -0.2) is 4.39 Å². The summed E-state index contributed by atoms with van der Waals surface area (Å²) in [6.45, 7) is 4.35. The number of hydrogen-bond donors (Lipinski definition) is 1. The molecule has 15 heavy (non-hydrogen) atoms. The minimum absolute atomic E-state index is 0.450. The summed E-state index contributed by atoms with van der Waals surface area (Å²) in [7, 11) is 0. The number of hydrogen-bond acceptors (Lipinski definition) is 1. The van der Waals surface area contributed by atoms with Gasteiger partial charge in [-0.2, -0.15) is 0 Å². The molecule has 2 heteroatoms. The van der Waals surface area contributed by atoms with E-state index in [0.29, 0.717) is 12.3 Å². The lowest BCUT2D eigenvalue weighted by atomic mass is 9.99. The van der Waals surface area contributed by atoms with Crippen LogP contribution in [0.1, 0.15) is 43.7 Å². The predicted molar refractivity (Wildman–Crippen MR) is 62.6 cm³/mol. The van der Waals surface area contributed by atoms with Crippen LogP contribution in [0.5, 0.6) is 0 Å². The quantitative estimate of drug-likeness (QED) is 0.739. The monoisotopic (exact) mass is 209 g/mol. The normalized spacial score (nSPS) is 13.1. The van der Waals surface area contributed by atoms with E-state index in [1.807, 2.05) is 0 Å². The van der Waals surface area contributed by atoms with Crippen LogP contribution in [0, 0.1) is 0 Å². The molecule has 0 spiro atoms. The molecule has 0 aliphatic rings. The summed E-state index contributed by atoms with van der Waals surface area (Å²) in [5.41, 5.74) is 7.69. The van der Waals surface area contributed by atoms with E-state index in [1.54, 1.807) is 0 Å². The lowest BCUT2D eigenvalue weighted by molar-refractivity contribution is 0.318. The van der Waals surface area contributed by atoms with Gasteiger partial charge in [0, 0.05) is 0 Å². The van der Waals surface area contributed by atoms with Crippen LogP contribution in [0.15, 0.2) is 24.3 Å². The Morgan fingerprint density at radius 3 is 2.67 bits per heavy atom. The number of halogens is 1. The van der Waals surface area contributed by atoms with Crippen LogP contribution in [-0.2, 0) is 6.42 Å². The third-order valence-corrected chi connectivity index (χ3v) is 2.56. The first kappa shape index (κ1) is 12.2. The van der Waals surface area contributed by atoms with Crippen molar-refractivity contribution in [1.29, 1.82) is 0 Å². The molecule has 0 saturated heterocycles. The molecule has 1 nitrogen and oxygen atoms in total. The Bertz CT molecular complexity index is 294. The van der Waals surface area contributed by atoms with Gasteiger partial charge < -0.3 is 5.73 Å². The predicted octanol–water partition coefficient (Wildman–Crippen LogP) is 3.39. The maximum Gasteiger partial charge on any atom is 0.148 e. The van der Waals surface area contributed by atoms with Crippen LogP contribution in [0.3, 0.4) is 0 Å². The van der Waals surface area contributed by atoms with E-state index in [4.69, 9.17) is 5.73 Å². The molecule has 1 aromatic rings. The molecule has 0 radical (unpaired) electrons. The largest absolute Gasteiger partial charge is 0.302 e. The third kappa shape index (κ3) is 4.43. The highest BCUT2D eigenvalue weighted by atomic mass is 19.1. The summed E-state index contributed by atoms with van der Waals surface area (Å²) < 4.78 is 12.4. The molecular weight excluding hydrogens is 189 g/mol. The molecule has 1 atom stereocenters. The van der Waals surface area contributed by atoms with Gasteiger partial charge in [0.25, 0.3) is 0 Å². The van der Waals surface area contributed by atoms with Crippen LogP contribution < -0.4 is 5.73 Å². The van der Waals surface area contributed by atoms with Crippen molar-refractivity contribution in [2.75, 3.05) is 0 Å². The molecule has 0 heterocycles. The third-order valence-electron chi connectivity index (χ3n) is 2.56. The van der Waals surface area contributed by atoms with Gasteiger partial charge in [0.15, 0.2) is 0 Å². The van der Waals surface area contributed by atoms with Crippen molar-refractivity contribution >= 4 is 0 Å². The molecule has 0 saturated carbocycles. The molecule has 0 fully saturated rings. The average Bonchev–Trinajstić information content (AvgIpc) is 2.17. The van der Waals surface area contributed by atoms with Gasteiger partial charge in [-0.3, -0.25) is 0 Å². The van der Waals surface area contributed by atoms with Gasteiger partial charge in [0.2, 0.25) is 0 Å². The zero-order chi connectivity index (χ0) is 11.3. The summed E-state index contributed by atoms with van der Waals surface area (Å²) in [5, 5.41) is 0. The molecule has 1 rings (SSSR count). The molecule has 1 unspecified atom stereocenters. The summed E-state index contributed by atoms with van der Waals surface area (Å²) in [6.07, 6.45) is 1.02. The number of nitrogens with two attached hydrogens (primary N) is 1. The number of rotatable bonds is 5. The Hall–Kier alpha value is -0.890. The van der Waals surface area contributed by atoms with Gasteiger partial charge in [0.05, 0.1) is 0 Å². The van der Waals surface area contributed by atoms with Gasteiger partial charge >= 0.3 is 0 Å². The van der Waals surface area contributed by atoms with Crippen molar-refractivity contribution in [2.24, 2.45) is 5.73 Å². The van der Waals surface area contributed by atoms with Gasteiger partial charge in [-0.1, -0.05) is 38.1 Å². The van der Waals surface area contributed by atoms with E-state index < -0.39 is 6.30 Å². The highest BCUT2D eigenvalue weighted by molar-refractivity contribution is 5.25. The summed E-state index contributed by atoms with van der Waals surface area (Å²) >= 11 is 0. The van der Waals surface area contributed by atoms with E-state index >= 15 is 0 Å². The van der Waals surface area contributed by atoms with Crippen molar-refractivity contribution < 1.29 is 4.39 Å². The average molecular weight is 209 g/mol. The van der Waals surface area contributed by atoms with Crippen molar-refractivity contribution in [3.8, 4) is 0 Å². The highest BCUT2D eigenvalue weighted by Crippen LogP contribution is 2.16. The smallest absolute Gasteiger partial charge is 0.148 e. The van der Waals surface area contributed by atoms with Crippen LogP contribution in [0.4, 0.5) is 4.39 Å². The fourth-order valence-corrected chi connectivity index (χ4v) is 1.61.